The zero-order valence-electron chi connectivity index (χ0n) is 19.3. The van der Waals surface area contributed by atoms with Crippen LogP contribution in [-0.2, 0) is 6.54 Å². The third-order valence-electron chi connectivity index (χ3n) is 7.19. The maximum atomic E-state index is 6.48. The number of nitrogens with one attached hydrogen (secondary N) is 1. The van der Waals surface area contributed by atoms with E-state index in [-0.39, 0.29) is 0 Å². The van der Waals surface area contributed by atoms with Crippen LogP contribution in [0.25, 0.3) is 0 Å². The summed E-state index contributed by atoms with van der Waals surface area (Å²) in [5, 5.41) is 3.83. The lowest BCUT2D eigenvalue weighted by Crippen LogP contribution is -2.58. The van der Waals surface area contributed by atoms with Crippen LogP contribution in [0.3, 0.4) is 0 Å². The third kappa shape index (κ3) is 4.69. The molecule has 33 heavy (non-hydrogen) atoms. The number of piperidine rings is 1. The van der Waals surface area contributed by atoms with Gasteiger partial charge >= 0.3 is 0 Å². The van der Waals surface area contributed by atoms with Crippen LogP contribution in [0, 0.1) is 0 Å². The number of rotatable bonds is 5. The molecule has 1 aliphatic carbocycles. The van der Waals surface area contributed by atoms with E-state index in [1.165, 1.54) is 12.0 Å². The molecule has 7 heteroatoms. The SMILES string of the molecule is NC1=NC2(CCCCC2)N(c2ccccc2NC2CCN(Cc3ccccc3)CC2)C(N)=N1. The minimum atomic E-state index is -0.426. The summed E-state index contributed by atoms with van der Waals surface area (Å²) in [6.45, 7) is 3.20. The summed E-state index contributed by atoms with van der Waals surface area (Å²) in [7, 11) is 0. The first-order valence-electron chi connectivity index (χ1n) is 12.2. The summed E-state index contributed by atoms with van der Waals surface area (Å²) >= 11 is 0. The summed E-state index contributed by atoms with van der Waals surface area (Å²) in [6, 6.07) is 19.6. The quantitative estimate of drug-likeness (QED) is 0.649. The second-order valence-corrected chi connectivity index (χ2v) is 9.52. The van der Waals surface area contributed by atoms with Gasteiger partial charge in [0.1, 0.15) is 5.66 Å². The number of anilines is 2. The van der Waals surface area contributed by atoms with E-state index in [9.17, 15) is 0 Å². The van der Waals surface area contributed by atoms with Gasteiger partial charge in [0.15, 0.2) is 0 Å². The summed E-state index contributed by atoms with van der Waals surface area (Å²) < 4.78 is 0. The van der Waals surface area contributed by atoms with E-state index >= 15 is 0 Å². The van der Waals surface area contributed by atoms with Crippen LogP contribution in [-0.4, -0.2) is 41.6 Å². The van der Waals surface area contributed by atoms with E-state index in [0.29, 0.717) is 18.0 Å². The van der Waals surface area contributed by atoms with Gasteiger partial charge in [-0.1, -0.05) is 48.9 Å². The summed E-state index contributed by atoms with van der Waals surface area (Å²) in [5.41, 5.74) is 15.6. The highest BCUT2D eigenvalue weighted by molar-refractivity contribution is 6.07. The molecular weight excluding hydrogens is 410 g/mol. The Morgan fingerprint density at radius 2 is 1.61 bits per heavy atom. The van der Waals surface area contributed by atoms with Gasteiger partial charge in [0, 0.05) is 25.7 Å². The molecule has 174 valence electrons. The number of guanidine groups is 2. The molecule has 0 unspecified atom stereocenters. The standard InChI is InChI=1S/C26H35N7/c27-24-30-25(28)33(26(31-24)15-7-2-8-16-26)23-12-6-5-11-22(23)29-21-13-17-32(18-14-21)19-20-9-3-1-4-10-20/h1,3-6,9-12,21,29H,2,7-8,13-19H2,(H4,27,28,30,31). The second kappa shape index (κ2) is 9.43. The molecule has 2 fully saturated rings. The highest BCUT2D eigenvalue weighted by Gasteiger charge is 2.43. The topological polar surface area (TPSA) is 95.3 Å². The van der Waals surface area contributed by atoms with Crippen LogP contribution in [0.4, 0.5) is 11.4 Å². The van der Waals surface area contributed by atoms with Crippen LogP contribution in [0.5, 0.6) is 0 Å². The Morgan fingerprint density at radius 1 is 0.909 bits per heavy atom. The Hall–Kier alpha value is -3.06. The molecule has 2 aromatic rings. The summed E-state index contributed by atoms with van der Waals surface area (Å²) in [5.74, 6) is 0.734. The number of nitrogens with zero attached hydrogens (tertiary/aromatic N) is 4. The van der Waals surface area contributed by atoms with E-state index in [0.717, 1.165) is 69.5 Å². The first kappa shape index (κ1) is 21.8. The van der Waals surface area contributed by atoms with Crippen molar-refractivity contribution in [3.8, 4) is 0 Å². The van der Waals surface area contributed by atoms with Gasteiger partial charge in [-0.25, -0.2) is 4.99 Å². The highest BCUT2D eigenvalue weighted by atomic mass is 15.4. The normalized spacial score (nSPS) is 21.5. The van der Waals surface area contributed by atoms with Gasteiger partial charge in [-0.3, -0.25) is 9.80 Å². The molecule has 0 aromatic heterocycles. The maximum absolute atomic E-state index is 6.48. The van der Waals surface area contributed by atoms with Gasteiger partial charge in [0.25, 0.3) is 0 Å². The van der Waals surface area contributed by atoms with Crippen LogP contribution < -0.4 is 21.7 Å². The smallest absolute Gasteiger partial charge is 0.220 e. The fourth-order valence-corrected chi connectivity index (χ4v) is 5.56. The van der Waals surface area contributed by atoms with Gasteiger partial charge in [0.2, 0.25) is 11.9 Å². The van der Waals surface area contributed by atoms with Crippen LogP contribution in [0.2, 0.25) is 0 Å². The molecule has 2 heterocycles. The fourth-order valence-electron chi connectivity index (χ4n) is 5.56. The van der Waals surface area contributed by atoms with Crippen molar-refractivity contribution in [2.75, 3.05) is 23.3 Å². The lowest BCUT2D eigenvalue weighted by molar-refractivity contribution is 0.211. The van der Waals surface area contributed by atoms with Gasteiger partial charge in [-0.2, -0.15) is 4.99 Å². The predicted octanol–water partition coefficient (Wildman–Crippen LogP) is 3.87. The maximum Gasteiger partial charge on any atom is 0.220 e. The molecule has 2 aliphatic heterocycles. The molecule has 0 bridgehead atoms. The minimum absolute atomic E-state index is 0.293. The monoisotopic (exact) mass is 445 g/mol. The van der Waals surface area contributed by atoms with Gasteiger partial charge < -0.3 is 16.8 Å². The predicted molar refractivity (Wildman–Crippen MR) is 136 cm³/mol. The van der Waals surface area contributed by atoms with Gasteiger partial charge in [0.05, 0.1) is 11.4 Å². The third-order valence-corrected chi connectivity index (χ3v) is 7.19. The van der Waals surface area contributed by atoms with Gasteiger partial charge in [-0.05, 0) is 56.2 Å². The molecule has 0 amide bonds. The first-order valence-corrected chi connectivity index (χ1v) is 12.2. The van der Waals surface area contributed by atoms with Crippen molar-refractivity contribution in [2.24, 2.45) is 21.5 Å². The summed E-state index contributed by atoms with van der Waals surface area (Å²) in [4.78, 5) is 13.9. The van der Waals surface area contributed by atoms with Crippen LogP contribution in [0.15, 0.2) is 64.6 Å². The largest absolute Gasteiger partial charge is 0.381 e. The zero-order chi connectivity index (χ0) is 22.7. The molecule has 2 aromatic carbocycles. The molecule has 0 atom stereocenters. The number of aliphatic imine (C=N–C) groups is 2. The molecule has 7 nitrogen and oxygen atoms in total. The zero-order valence-corrected chi connectivity index (χ0v) is 19.3. The Balaban J connectivity index is 1.31. The van der Waals surface area contributed by atoms with Crippen LogP contribution >= 0.6 is 0 Å². The second-order valence-electron chi connectivity index (χ2n) is 9.52. The van der Waals surface area contributed by atoms with E-state index in [4.69, 9.17) is 16.5 Å². The Bertz CT molecular complexity index is 1000. The Labute approximate surface area is 196 Å². The van der Waals surface area contributed by atoms with Crippen LogP contribution in [0.1, 0.15) is 50.5 Å². The fraction of sp³-hybridized carbons (Fsp3) is 0.462. The van der Waals surface area contributed by atoms with Crippen molar-refractivity contribution in [3.63, 3.8) is 0 Å². The number of nitrogens with two attached hydrogens (primary N) is 2. The summed E-state index contributed by atoms with van der Waals surface area (Å²) in [6.07, 6.45) is 7.57. The molecule has 5 N–H and O–H groups in total. The number of hydrogen-bond donors (Lipinski definition) is 3. The first-order chi connectivity index (χ1) is 16.1. The Morgan fingerprint density at radius 3 is 2.36 bits per heavy atom. The van der Waals surface area contributed by atoms with Crippen molar-refractivity contribution in [3.05, 3.63) is 60.2 Å². The van der Waals surface area contributed by atoms with Crippen molar-refractivity contribution < 1.29 is 0 Å². The number of benzene rings is 2. The van der Waals surface area contributed by atoms with E-state index in [2.05, 4.69) is 74.7 Å². The highest BCUT2D eigenvalue weighted by Crippen LogP contribution is 2.42. The molecule has 1 saturated carbocycles. The van der Waals surface area contributed by atoms with E-state index in [1.807, 2.05) is 0 Å². The van der Waals surface area contributed by atoms with E-state index in [1.54, 1.807) is 0 Å². The van der Waals surface area contributed by atoms with Crippen molar-refractivity contribution >= 4 is 23.3 Å². The number of para-hydroxylation sites is 2. The minimum Gasteiger partial charge on any atom is -0.381 e. The van der Waals surface area contributed by atoms with Crippen molar-refractivity contribution in [1.82, 2.24) is 4.90 Å². The number of likely N-dealkylation sites (tertiary alicyclic amines) is 1. The molecule has 5 rings (SSSR count). The molecule has 3 aliphatic rings. The molecule has 1 saturated heterocycles. The average Bonchev–Trinajstić information content (AvgIpc) is 2.82. The van der Waals surface area contributed by atoms with Crippen molar-refractivity contribution in [1.29, 1.82) is 0 Å². The lowest BCUT2D eigenvalue weighted by Gasteiger charge is -2.46. The number of hydrogen-bond acceptors (Lipinski definition) is 7. The molecule has 1 spiro atoms. The Kier molecular flexibility index (Phi) is 6.22. The van der Waals surface area contributed by atoms with E-state index < -0.39 is 5.66 Å². The van der Waals surface area contributed by atoms with Gasteiger partial charge in [-0.15, -0.1) is 0 Å². The lowest BCUT2D eigenvalue weighted by atomic mass is 9.87. The van der Waals surface area contributed by atoms with Crippen molar-refractivity contribution in [2.45, 2.75) is 63.2 Å². The molecule has 0 radical (unpaired) electrons. The molecular formula is C26H35N7. The average molecular weight is 446 g/mol.